The van der Waals surface area contributed by atoms with E-state index in [-0.39, 0.29) is 29.6 Å². The molecule has 0 radical (unpaired) electrons. The van der Waals surface area contributed by atoms with Crippen molar-refractivity contribution < 1.29 is 44.5 Å². The molecule has 1 N–H and O–H groups in total. The Bertz CT molecular complexity index is 73.0. The van der Waals surface area contributed by atoms with E-state index >= 15 is 0 Å². The van der Waals surface area contributed by atoms with Crippen LogP contribution in [0.4, 0.5) is 0 Å². The second kappa shape index (κ2) is 10.6. The molecule has 0 aliphatic heterocycles. The number of aliphatic carboxylic acids is 1. The molecule has 0 aromatic heterocycles. The van der Waals surface area contributed by atoms with Gasteiger partial charge in [0.25, 0.3) is 5.97 Å². The Morgan fingerprint density at radius 3 is 1.56 bits per heavy atom. The van der Waals surface area contributed by atoms with Crippen molar-refractivity contribution in [2.24, 2.45) is 0 Å². The van der Waals surface area contributed by atoms with Gasteiger partial charge in [0.2, 0.25) is 0 Å². The molecule has 0 aliphatic carbocycles. The summed E-state index contributed by atoms with van der Waals surface area (Å²) < 4.78 is 0. The molecule has 0 amide bonds. The maximum Gasteiger partial charge on any atom is 1.00 e. The van der Waals surface area contributed by atoms with Crippen molar-refractivity contribution in [3.63, 3.8) is 0 Å². The van der Waals surface area contributed by atoms with Crippen LogP contribution in [0.5, 0.6) is 0 Å². The molecule has 0 fully saturated rings. The molecule has 9 heavy (non-hydrogen) atoms. The molecule has 0 aromatic carbocycles. The van der Waals surface area contributed by atoms with Crippen molar-refractivity contribution in [1.82, 2.24) is 0 Å². The van der Waals surface area contributed by atoms with E-state index in [0.717, 1.165) is 6.92 Å². The Kier molecular flexibility index (Phi) is 18.7. The topological polar surface area (TPSA) is 104 Å². The Hall–Kier alpha value is -0.330. The van der Waals surface area contributed by atoms with Gasteiger partial charge in [-0.15, -0.1) is 0 Å². The summed E-state index contributed by atoms with van der Waals surface area (Å²) >= 11 is 0. The van der Waals surface area contributed by atoms with Crippen LogP contribution in [0.3, 0.4) is 0 Å². The van der Waals surface area contributed by atoms with Crippen molar-refractivity contribution in [3.05, 3.63) is 15.3 Å². The second-order valence-electron chi connectivity index (χ2n) is 0.743. The van der Waals surface area contributed by atoms with Gasteiger partial charge in [-0.25, -0.2) is 0 Å². The van der Waals surface area contributed by atoms with E-state index in [2.05, 4.69) is 0 Å². The van der Waals surface area contributed by atoms with E-state index in [1.54, 1.807) is 0 Å². The summed E-state index contributed by atoms with van der Waals surface area (Å²) in [4.78, 5) is 17.2. The molecule has 6 nitrogen and oxygen atoms in total. The van der Waals surface area contributed by atoms with Crippen LogP contribution in [0.2, 0.25) is 0 Å². The maximum atomic E-state index is 9.00. The van der Waals surface area contributed by atoms with E-state index in [1.807, 2.05) is 0 Å². The Labute approximate surface area is 72.9 Å². The van der Waals surface area contributed by atoms with Gasteiger partial charge < -0.3 is 20.4 Å². The molecule has 0 atom stereocenters. The first-order valence-corrected chi connectivity index (χ1v) is 1.48. The van der Waals surface area contributed by atoms with Crippen LogP contribution in [0, 0.1) is 15.3 Å². The van der Waals surface area contributed by atoms with Crippen molar-refractivity contribution in [3.8, 4) is 0 Å². The minimum atomic E-state index is -1.75. The second-order valence-corrected chi connectivity index (χ2v) is 0.743. The fourth-order valence-corrected chi connectivity index (χ4v) is 0. The van der Waals surface area contributed by atoms with Gasteiger partial charge >= 0.3 is 29.6 Å². The molecule has 0 bridgehead atoms. The van der Waals surface area contributed by atoms with Gasteiger partial charge in [0, 0.05) is 6.92 Å². The zero-order chi connectivity index (χ0) is 7.15. The third kappa shape index (κ3) is 2260. The third-order valence-electron chi connectivity index (χ3n) is 0. The van der Waals surface area contributed by atoms with Gasteiger partial charge in [0.15, 0.2) is 0 Å². The first-order valence-electron chi connectivity index (χ1n) is 1.48. The minimum Gasteiger partial charge on any atom is -0.481 e. The standard InChI is InChI=1S/C2H4O2.NO3.Na/c1-2(3)4;2-1(3)4;/h1H3,(H,3,4);;/q;-1;+1. The summed E-state index contributed by atoms with van der Waals surface area (Å²) in [7, 11) is 0. The van der Waals surface area contributed by atoms with E-state index in [1.165, 1.54) is 0 Å². The first kappa shape index (κ1) is 15.9. The van der Waals surface area contributed by atoms with Crippen LogP contribution in [0.25, 0.3) is 0 Å². The molecule has 0 saturated carbocycles. The number of hydrogen-bond acceptors (Lipinski definition) is 4. The predicted molar refractivity (Wildman–Crippen MR) is 23.7 cm³/mol. The minimum absolute atomic E-state index is 0. The van der Waals surface area contributed by atoms with Gasteiger partial charge in [0.1, 0.15) is 0 Å². The van der Waals surface area contributed by atoms with Crippen molar-refractivity contribution in [2.75, 3.05) is 0 Å². The zero-order valence-electron chi connectivity index (χ0n) is 5.03. The predicted octanol–water partition coefficient (Wildman–Crippen LogP) is -3.14. The fraction of sp³-hybridized carbons (Fsp3) is 0.500. The average molecular weight is 145 g/mol. The zero-order valence-corrected chi connectivity index (χ0v) is 7.03. The van der Waals surface area contributed by atoms with E-state index in [0.29, 0.717) is 0 Å². The number of carboxylic acids is 1. The monoisotopic (exact) mass is 145 g/mol. The first-order chi connectivity index (χ1) is 3.46. The van der Waals surface area contributed by atoms with Crippen molar-refractivity contribution >= 4 is 5.97 Å². The summed E-state index contributed by atoms with van der Waals surface area (Å²) in [5, 5.41) is 22.2. The summed E-state index contributed by atoms with van der Waals surface area (Å²) in [5.74, 6) is -0.833. The van der Waals surface area contributed by atoms with Crippen molar-refractivity contribution in [1.29, 1.82) is 0 Å². The Morgan fingerprint density at radius 2 is 1.56 bits per heavy atom. The molecule has 0 aliphatic rings. The molecule has 0 heterocycles. The van der Waals surface area contributed by atoms with Gasteiger partial charge in [-0.3, -0.25) is 4.79 Å². The smallest absolute Gasteiger partial charge is 0.481 e. The van der Waals surface area contributed by atoms with E-state index in [9.17, 15) is 0 Å². The van der Waals surface area contributed by atoms with E-state index < -0.39 is 11.1 Å². The molecule has 0 saturated heterocycles. The Balaban J connectivity index is -0.0000000720. The average Bonchev–Trinajstić information content (AvgIpc) is 1.25. The maximum absolute atomic E-state index is 9.00. The molecule has 0 spiro atoms. The normalized spacial score (nSPS) is 5.44. The Morgan fingerprint density at radius 1 is 1.56 bits per heavy atom. The van der Waals surface area contributed by atoms with Crippen LogP contribution in [0.15, 0.2) is 0 Å². The van der Waals surface area contributed by atoms with Crippen LogP contribution in [-0.4, -0.2) is 16.2 Å². The molecule has 0 aromatic rings. The van der Waals surface area contributed by atoms with Gasteiger partial charge in [0.05, 0.1) is 5.09 Å². The number of rotatable bonds is 0. The van der Waals surface area contributed by atoms with Gasteiger partial charge in [-0.1, -0.05) is 0 Å². The van der Waals surface area contributed by atoms with E-state index in [4.69, 9.17) is 25.2 Å². The molecule has 48 valence electrons. The van der Waals surface area contributed by atoms with Crippen LogP contribution in [-0.2, 0) is 4.79 Å². The largest absolute Gasteiger partial charge is 1.00 e. The molecule has 0 unspecified atom stereocenters. The fourth-order valence-electron chi connectivity index (χ4n) is 0. The van der Waals surface area contributed by atoms with Crippen LogP contribution >= 0.6 is 0 Å². The number of nitrogens with zero attached hydrogens (tertiary/aromatic N) is 1. The van der Waals surface area contributed by atoms with Gasteiger partial charge in [-0.2, -0.15) is 0 Å². The van der Waals surface area contributed by atoms with Crippen LogP contribution < -0.4 is 29.6 Å². The summed E-state index contributed by atoms with van der Waals surface area (Å²) in [6.45, 7) is 1.08. The summed E-state index contributed by atoms with van der Waals surface area (Å²) in [5.41, 5.74) is 0. The number of hydrogen-bond donors (Lipinski definition) is 1. The SMILES string of the molecule is CC(=O)O.O=[N+]([O-])[O-].[Na+]. The number of carbonyl (C=O) groups is 1. The summed E-state index contributed by atoms with van der Waals surface area (Å²) in [6.07, 6.45) is 0. The number of carboxylic acid groups (broad SMARTS) is 1. The van der Waals surface area contributed by atoms with Crippen LogP contribution in [0.1, 0.15) is 6.92 Å². The third-order valence-corrected chi connectivity index (χ3v) is 0. The van der Waals surface area contributed by atoms with Gasteiger partial charge in [-0.05, 0) is 0 Å². The molecular formula is C2H4NNaO5. The molecule has 7 heteroatoms. The molecule has 0 rings (SSSR count). The molecular weight excluding hydrogens is 141 g/mol. The van der Waals surface area contributed by atoms with Crippen molar-refractivity contribution in [2.45, 2.75) is 6.92 Å². The summed E-state index contributed by atoms with van der Waals surface area (Å²) in [6, 6.07) is 0. The quantitative estimate of drug-likeness (QED) is 0.220.